The third-order valence-corrected chi connectivity index (χ3v) is 4.37. The smallest absolute Gasteiger partial charge is 0.211 e. The normalized spacial score (nSPS) is 11.3. The van der Waals surface area contributed by atoms with Gasteiger partial charge in [0.2, 0.25) is 5.13 Å². The maximum Gasteiger partial charge on any atom is 0.211 e. The van der Waals surface area contributed by atoms with Crippen molar-refractivity contribution in [2.24, 2.45) is 0 Å². The van der Waals surface area contributed by atoms with Gasteiger partial charge in [-0.15, -0.1) is 0 Å². The van der Waals surface area contributed by atoms with Gasteiger partial charge in [0.15, 0.2) is 0 Å². The van der Waals surface area contributed by atoms with E-state index >= 15 is 0 Å². The maximum atomic E-state index is 5.81. The minimum atomic E-state index is 0.769. The Morgan fingerprint density at radius 1 is 1.32 bits per heavy atom. The molecule has 0 amide bonds. The first-order chi connectivity index (χ1) is 9.10. The predicted molar refractivity (Wildman–Crippen MR) is 80.0 cm³/mol. The first-order valence-corrected chi connectivity index (χ1v) is 7.13. The molecule has 0 atom stereocenters. The Labute approximate surface area is 115 Å². The lowest BCUT2D eigenvalue weighted by Crippen LogP contribution is -1.98. The second-order valence-corrected chi connectivity index (χ2v) is 5.65. The number of nitrogens with two attached hydrogens (primary N) is 1. The standard InChI is InChI=1S/C14H16N4S/c1-4-11-8(2)17-18(9(11)3)14-16-12-6-5-10(15)7-13(12)19-14/h5-7H,4,15H2,1-3H3. The molecule has 0 spiro atoms. The van der Waals surface area contributed by atoms with Gasteiger partial charge in [-0.3, -0.25) is 0 Å². The quantitative estimate of drug-likeness (QED) is 0.729. The molecule has 4 nitrogen and oxygen atoms in total. The summed E-state index contributed by atoms with van der Waals surface area (Å²) in [6.45, 7) is 6.30. The summed E-state index contributed by atoms with van der Waals surface area (Å²) >= 11 is 1.62. The fourth-order valence-corrected chi connectivity index (χ4v) is 3.41. The molecule has 5 heteroatoms. The fraction of sp³-hybridized carbons (Fsp3) is 0.286. The number of nitrogens with zero attached hydrogens (tertiary/aromatic N) is 3. The number of benzene rings is 1. The molecule has 3 rings (SSSR count). The SMILES string of the molecule is CCc1c(C)nn(-c2nc3ccc(N)cc3s2)c1C. The molecule has 0 aliphatic carbocycles. The molecule has 0 saturated heterocycles. The summed E-state index contributed by atoms with van der Waals surface area (Å²) in [4.78, 5) is 4.64. The van der Waals surface area contributed by atoms with Gasteiger partial charge in [-0.25, -0.2) is 9.67 Å². The summed E-state index contributed by atoms with van der Waals surface area (Å²) in [5, 5.41) is 5.51. The van der Waals surface area contributed by atoms with Crippen LogP contribution in [0.1, 0.15) is 23.9 Å². The molecule has 98 valence electrons. The fourth-order valence-electron chi connectivity index (χ4n) is 2.39. The Morgan fingerprint density at radius 3 is 2.79 bits per heavy atom. The summed E-state index contributed by atoms with van der Waals surface area (Å²) in [5.74, 6) is 0. The number of anilines is 1. The van der Waals surface area contributed by atoms with Crippen molar-refractivity contribution >= 4 is 27.2 Å². The molecule has 2 N–H and O–H groups in total. The van der Waals surface area contributed by atoms with Gasteiger partial charge in [-0.2, -0.15) is 5.10 Å². The molecule has 0 radical (unpaired) electrons. The van der Waals surface area contributed by atoms with E-state index in [0.29, 0.717) is 0 Å². The van der Waals surface area contributed by atoms with Gasteiger partial charge >= 0.3 is 0 Å². The Hall–Kier alpha value is -1.88. The number of nitrogen functional groups attached to an aromatic ring is 1. The van der Waals surface area contributed by atoms with Crippen molar-refractivity contribution in [1.29, 1.82) is 0 Å². The van der Waals surface area contributed by atoms with Gasteiger partial charge < -0.3 is 5.73 Å². The zero-order chi connectivity index (χ0) is 13.6. The van der Waals surface area contributed by atoms with Gasteiger partial charge in [0.25, 0.3) is 0 Å². The number of hydrogen-bond donors (Lipinski definition) is 1. The van der Waals surface area contributed by atoms with Crippen LogP contribution in [0.15, 0.2) is 18.2 Å². The van der Waals surface area contributed by atoms with E-state index in [1.54, 1.807) is 11.3 Å². The van der Waals surface area contributed by atoms with Crippen molar-refractivity contribution in [1.82, 2.24) is 14.8 Å². The van der Waals surface area contributed by atoms with Crippen LogP contribution < -0.4 is 5.73 Å². The van der Waals surface area contributed by atoms with Crippen LogP contribution in [0.25, 0.3) is 15.3 Å². The summed E-state index contributed by atoms with van der Waals surface area (Å²) in [6.07, 6.45) is 0.996. The second kappa shape index (κ2) is 4.35. The lowest BCUT2D eigenvalue weighted by atomic mass is 10.1. The van der Waals surface area contributed by atoms with E-state index in [2.05, 4.69) is 23.9 Å². The number of rotatable bonds is 2. The van der Waals surface area contributed by atoms with E-state index < -0.39 is 0 Å². The van der Waals surface area contributed by atoms with Gasteiger partial charge in [0, 0.05) is 11.4 Å². The van der Waals surface area contributed by atoms with Gasteiger partial charge in [-0.05, 0) is 44.0 Å². The van der Waals surface area contributed by atoms with Crippen molar-refractivity contribution in [2.45, 2.75) is 27.2 Å². The van der Waals surface area contributed by atoms with Gasteiger partial charge in [0.05, 0.1) is 15.9 Å². The van der Waals surface area contributed by atoms with E-state index in [1.165, 1.54) is 11.3 Å². The van der Waals surface area contributed by atoms with Crippen LogP contribution in [0.5, 0.6) is 0 Å². The monoisotopic (exact) mass is 272 g/mol. The van der Waals surface area contributed by atoms with E-state index in [0.717, 1.165) is 33.2 Å². The molecule has 0 unspecified atom stereocenters. The van der Waals surface area contributed by atoms with Gasteiger partial charge in [0.1, 0.15) is 0 Å². The topological polar surface area (TPSA) is 56.7 Å². The van der Waals surface area contributed by atoms with Crippen LogP contribution in [-0.4, -0.2) is 14.8 Å². The minimum absolute atomic E-state index is 0.769. The molecule has 2 aromatic heterocycles. The zero-order valence-electron chi connectivity index (χ0n) is 11.3. The molecule has 1 aromatic carbocycles. The van der Waals surface area contributed by atoms with Crippen LogP contribution in [0.3, 0.4) is 0 Å². The van der Waals surface area contributed by atoms with Crippen LogP contribution in [0.2, 0.25) is 0 Å². The third kappa shape index (κ3) is 1.90. The van der Waals surface area contributed by atoms with E-state index in [1.807, 2.05) is 29.8 Å². The first kappa shape index (κ1) is 12.2. The van der Waals surface area contributed by atoms with Crippen molar-refractivity contribution in [3.8, 4) is 5.13 Å². The molecule has 3 aromatic rings. The highest BCUT2D eigenvalue weighted by atomic mass is 32.1. The van der Waals surface area contributed by atoms with E-state index in [4.69, 9.17) is 5.73 Å². The van der Waals surface area contributed by atoms with Crippen LogP contribution in [0.4, 0.5) is 5.69 Å². The summed E-state index contributed by atoms with van der Waals surface area (Å²) in [7, 11) is 0. The molecule has 0 aliphatic heterocycles. The predicted octanol–water partition coefficient (Wildman–Crippen LogP) is 3.24. The second-order valence-electron chi connectivity index (χ2n) is 4.64. The molecular weight excluding hydrogens is 256 g/mol. The number of aromatic nitrogens is 3. The molecule has 0 bridgehead atoms. The molecule has 0 fully saturated rings. The van der Waals surface area contributed by atoms with E-state index in [-0.39, 0.29) is 0 Å². The third-order valence-electron chi connectivity index (χ3n) is 3.38. The van der Waals surface area contributed by atoms with E-state index in [9.17, 15) is 0 Å². The minimum Gasteiger partial charge on any atom is -0.399 e. The van der Waals surface area contributed by atoms with Crippen LogP contribution >= 0.6 is 11.3 Å². The zero-order valence-corrected chi connectivity index (χ0v) is 12.1. The summed E-state index contributed by atoms with van der Waals surface area (Å²) < 4.78 is 3.04. The molecule has 2 heterocycles. The molecule has 0 saturated carbocycles. The maximum absolute atomic E-state index is 5.81. The lowest BCUT2D eigenvalue weighted by molar-refractivity contribution is 0.826. The average Bonchev–Trinajstić information content (AvgIpc) is 2.90. The molecule has 0 aliphatic rings. The Balaban J connectivity index is 2.19. The molecular formula is C14H16N4S. The van der Waals surface area contributed by atoms with Crippen molar-refractivity contribution in [2.75, 3.05) is 5.73 Å². The Kier molecular flexibility index (Phi) is 2.78. The average molecular weight is 272 g/mol. The highest BCUT2D eigenvalue weighted by Crippen LogP contribution is 2.28. The largest absolute Gasteiger partial charge is 0.399 e. The lowest BCUT2D eigenvalue weighted by Gasteiger charge is -1.99. The van der Waals surface area contributed by atoms with Crippen molar-refractivity contribution in [3.63, 3.8) is 0 Å². The summed E-state index contributed by atoms with van der Waals surface area (Å²) in [5.41, 5.74) is 11.1. The highest BCUT2D eigenvalue weighted by Gasteiger charge is 2.14. The number of fused-ring (bicyclic) bond motifs is 1. The number of thiazole rings is 1. The Morgan fingerprint density at radius 2 is 2.11 bits per heavy atom. The van der Waals surface area contributed by atoms with Crippen LogP contribution in [0, 0.1) is 13.8 Å². The number of aryl methyl sites for hydroxylation is 1. The van der Waals surface area contributed by atoms with Gasteiger partial charge in [-0.1, -0.05) is 18.3 Å². The number of hydrogen-bond acceptors (Lipinski definition) is 4. The van der Waals surface area contributed by atoms with Crippen molar-refractivity contribution in [3.05, 3.63) is 35.2 Å². The summed E-state index contributed by atoms with van der Waals surface area (Å²) in [6, 6.07) is 5.80. The highest BCUT2D eigenvalue weighted by molar-refractivity contribution is 7.20. The Bertz CT molecular complexity index is 754. The van der Waals surface area contributed by atoms with Crippen molar-refractivity contribution < 1.29 is 0 Å². The molecule has 19 heavy (non-hydrogen) atoms. The van der Waals surface area contributed by atoms with Crippen LogP contribution in [-0.2, 0) is 6.42 Å². The first-order valence-electron chi connectivity index (χ1n) is 6.31.